The lowest BCUT2D eigenvalue weighted by Gasteiger charge is -2.30. The molecule has 11 heavy (non-hydrogen) atoms. The van der Waals surface area contributed by atoms with Gasteiger partial charge in [0, 0.05) is 0 Å². The summed E-state index contributed by atoms with van der Waals surface area (Å²) in [5, 5.41) is 0. The third kappa shape index (κ3) is 3.84. The minimum Gasteiger partial charge on any atom is -0.0654 e. The molecule has 0 aliphatic heterocycles. The molecule has 0 N–H and O–H groups in total. The summed E-state index contributed by atoms with van der Waals surface area (Å²) >= 11 is 0. The molecule has 0 nitrogen and oxygen atoms in total. The Labute approximate surface area is 73.2 Å². The summed E-state index contributed by atoms with van der Waals surface area (Å²) in [4.78, 5) is 0. The maximum Gasteiger partial charge on any atom is 0.106 e. The largest absolute Gasteiger partial charge is 0.106 e. The lowest BCUT2D eigenvalue weighted by atomic mass is 9.64. The Balaban J connectivity index is 3.71. The monoisotopic (exact) mass is 154 g/mol. The van der Waals surface area contributed by atoms with Crippen molar-refractivity contribution in [3.63, 3.8) is 0 Å². The normalized spacial score (nSPS) is 14.9. The Morgan fingerprint density at radius 2 is 1.82 bits per heavy atom. The molecule has 0 radical (unpaired) electrons. The summed E-state index contributed by atoms with van der Waals surface area (Å²) in [6.45, 7) is 9.33. The molecule has 0 saturated heterocycles. The van der Waals surface area contributed by atoms with E-state index < -0.39 is 0 Å². The van der Waals surface area contributed by atoms with E-state index in [-0.39, 0.29) is 0 Å². The van der Waals surface area contributed by atoms with Gasteiger partial charge in [-0.3, -0.25) is 0 Å². The van der Waals surface area contributed by atoms with Crippen molar-refractivity contribution in [2.24, 2.45) is 5.41 Å². The van der Waals surface area contributed by atoms with Crippen molar-refractivity contribution >= 4 is 7.85 Å². The second-order valence-corrected chi connectivity index (χ2v) is 4.39. The molecule has 0 aromatic carbocycles. The van der Waals surface area contributed by atoms with E-state index in [1.807, 2.05) is 0 Å². The van der Waals surface area contributed by atoms with Gasteiger partial charge in [0.2, 0.25) is 0 Å². The van der Waals surface area contributed by atoms with E-state index in [0.717, 1.165) is 5.82 Å². The van der Waals surface area contributed by atoms with Crippen molar-refractivity contribution < 1.29 is 0 Å². The van der Waals surface area contributed by atoms with Gasteiger partial charge in [0.15, 0.2) is 0 Å². The van der Waals surface area contributed by atoms with Crippen LogP contribution in [0.4, 0.5) is 0 Å². The smallest absolute Gasteiger partial charge is 0.0654 e. The Hall–Kier alpha value is 0.0649. The van der Waals surface area contributed by atoms with Crippen molar-refractivity contribution in [3.05, 3.63) is 0 Å². The van der Waals surface area contributed by atoms with Gasteiger partial charge in [-0.2, -0.15) is 0 Å². The molecule has 66 valence electrons. The Morgan fingerprint density at radius 3 is 2.18 bits per heavy atom. The fraction of sp³-hybridized carbons (Fsp3) is 1.00. The number of unbranched alkanes of at least 4 members (excludes halogenated alkanes) is 1. The maximum absolute atomic E-state index is 2.39. The summed E-state index contributed by atoms with van der Waals surface area (Å²) in [7, 11) is 2.39. The van der Waals surface area contributed by atoms with Crippen molar-refractivity contribution in [3.8, 4) is 0 Å². The van der Waals surface area contributed by atoms with Gasteiger partial charge in [0.05, 0.1) is 0 Å². The van der Waals surface area contributed by atoms with Gasteiger partial charge in [-0.25, -0.2) is 0 Å². The molecule has 0 aromatic heterocycles. The average Bonchev–Trinajstić information content (AvgIpc) is 2.00. The summed E-state index contributed by atoms with van der Waals surface area (Å²) < 4.78 is 0. The zero-order valence-corrected chi connectivity index (χ0v) is 8.91. The minimum atomic E-state index is 0.551. The van der Waals surface area contributed by atoms with Gasteiger partial charge in [-0.1, -0.05) is 59.2 Å². The first kappa shape index (κ1) is 11.1. The molecule has 0 heterocycles. The van der Waals surface area contributed by atoms with Crippen LogP contribution in [-0.4, -0.2) is 7.85 Å². The highest BCUT2D eigenvalue weighted by atomic mass is 14.2. The molecule has 0 spiro atoms. The number of hydrogen-bond donors (Lipinski definition) is 0. The second-order valence-electron chi connectivity index (χ2n) is 4.39. The lowest BCUT2D eigenvalue weighted by molar-refractivity contribution is 0.310. The fourth-order valence-electron chi connectivity index (χ4n) is 1.25. The first-order valence-corrected chi connectivity index (χ1v) is 5.04. The standard InChI is InChI=1S/C10H23B/c1-5-7-8-9(11)10(3,4)6-2/h9H,5-8,11H2,1-4H3. The van der Waals surface area contributed by atoms with Gasteiger partial charge >= 0.3 is 0 Å². The highest BCUT2D eigenvalue weighted by Crippen LogP contribution is 2.36. The molecule has 0 saturated carbocycles. The van der Waals surface area contributed by atoms with Crippen LogP contribution in [0.3, 0.4) is 0 Å². The molecule has 0 aliphatic rings. The van der Waals surface area contributed by atoms with Gasteiger partial charge in [0.25, 0.3) is 0 Å². The van der Waals surface area contributed by atoms with E-state index in [0.29, 0.717) is 5.41 Å². The van der Waals surface area contributed by atoms with E-state index in [2.05, 4.69) is 35.5 Å². The van der Waals surface area contributed by atoms with E-state index in [1.165, 1.54) is 25.7 Å². The fourth-order valence-corrected chi connectivity index (χ4v) is 1.25. The third-order valence-electron chi connectivity index (χ3n) is 3.24. The van der Waals surface area contributed by atoms with Crippen LogP contribution in [0.25, 0.3) is 0 Å². The molecule has 1 unspecified atom stereocenters. The van der Waals surface area contributed by atoms with Crippen LogP contribution >= 0.6 is 0 Å². The topological polar surface area (TPSA) is 0 Å². The van der Waals surface area contributed by atoms with E-state index in [4.69, 9.17) is 0 Å². The molecule has 0 aliphatic carbocycles. The minimum absolute atomic E-state index is 0.551. The molecule has 0 amide bonds. The van der Waals surface area contributed by atoms with Crippen molar-refractivity contribution in [2.45, 2.75) is 59.2 Å². The zero-order valence-electron chi connectivity index (χ0n) is 8.91. The van der Waals surface area contributed by atoms with E-state index >= 15 is 0 Å². The molecule has 0 fully saturated rings. The van der Waals surface area contributed by atoms with Crippen molar-refractivity contribution in [1.82, 2.24) is 0 Å². The van der Waals surface area contributed by atoms with Crippen LogP contribution in [0.5, 0.6) is 0 Å². The highest BCUT2D eigenvalue weighted by molar-refractivity contribution is 6.12. The van der Waals surface area contributed by atoms with Crippen LogP contribution in [0.15, 0.2) is 0 Å². The highest BCUT2D eigenvalue weighted by Gasteiger charge is 2.22. The van der Waals surface area contributed by atoms with Crippen LogP contribution in [0, 0.1) is 5.41 Å². The Bertz CT molecular complexity index is 97.0. The third-order valence-corrected chi connectivity index (χ3v) is 3.24. The van der Waals surface area contributed by atoms with Crippen molar-refractivity contribution in [2.75, 3.05) is 0 Å². The predicted octanol–water partition coefficient (Wildman–Crippen LogP) is 3.03. The maximum atomic E-state index is 2.39. The van der Waals surface area contributed by atoms with Gasteiger partial charge < -0.3 is 0 Å². The van der Waals surface area contributed by atoms with E-state index in [1.54, 1.807) is 0 Å². The molecule has 0 aromatic rings. The van der Waals surface area contributed by atoms with Crippen LogP contribution in [-0.2, 0) is 0 Å². The SMILES string of the molecule is BC(CCCC)C(C)(C)CC. The predicted molar refractivity (Wildman–Crippen MR) is 55.9 cm³/mol. The van der Waals surface area contributed by atoms with Gasteiger partial charge in [0.1, 0.15) is 7.85 Å². The number of hydrogen-bond acceptors (Lipinski definition) is 0. The summed E-state index contributed by atoms with van der Waals surface area (Å²) in [6, 6.07) is 0. The average molecular weight is 154 g/mol. The molecule has 1 heteroatoms. The quantitative estimate of drug-likeness (QED) is 0.534. The Kier molecular flexibility index (Phi) is 4.87. The second kappa shape index (κ2) is 4.85. The zero-order chi connectivity index (χ0) is 8.91. The lowest BCUT2D eigenvalue weighted by Crippen LogP contribution is -2.18. The summed E-state index contributed by atoms with van der Waals surface area (Å²) in [5.41, 5.74) is 0.551. The van der Waals surface area contributed by atoms with Crippen LogP contribution in [0.1, 0.15) is 53.4 Å². The molecule has 0 rings (SSSR count). The molecular formula is C10H23B. The first-order chi connectivity index (χ1) is 5.04. The van der Waals surface area contributed by atoms with Crippen LogP contribution < -0.4 is 0 Å². The van der Waals surface area contributed by atoms with Crippen molar-refractivity contribution in [1.29, 1.82) is 0 Å². The first-order valence-electron chi connectivity index (χ1n) is 5.04. The number of rotatable bonds is 5. The van der Waals surface area contributed by atoms with E-state index in [9.17, 15) is 0 Å². The summed E-state index contributed by atoms with van der Waals surface area (Å²) in [5.74, 6) is 0.882. The van der Waals surface area contributed by atoms with Gasteiger partial charge in [-0.15, -0.1) is 0 Å². The molecule has 1 atom stereocenters. The molecule has 0 bridgehead atoms. The summed E-state index contributed by atoms with van der Waals surface area (Å²) in [6.07, 6.45) is 5.43. The molecular weight excluding hydrogens is 131 g/mol. The van der Waals surface area contributed by atoms with Gasteiger partial charge in [-0.05, 0) is 5.41 Å². The Morgan fingerprint density at radius 1 is 1.27 bits per heavy atom. The van der Waals surface area contributed by atoms with Crippen LogP contribution in [0.2, 0.25) is 5.82 Å².